The minimum atomic E-state index is -0.442. The van der Waals surface area contributed by atoms with E-state index in [0.29, 0.717) is 12.2 Å². The summed E-state index contributed by atoms with van der Waals surface area (Å²) in [6.07, 6.45) is 4.79. The molecule has 1 aliphatic rings. The van der Waals surface area contributed by atoms with E-state index in [9.17, 15) is 9.18 Å². The van der Waals surface area contributed by atoms with Crippen molar-refractivity contribution in [2.45, 2.75) is 25.7 Å². The van der Waals surface area contributed by atoms with Crippen LogP contribution in [0.15, 0.2) is 18.2 Å². The van der Waals surface area contributed by atoms with Crippen LogP contribution >= 0.6 is 0 Å². The molecule has 0 aromatic heterocycles. The Morgan fingerprint density at radius 3 is 2.94 bits per heavy atom. The lowest BCUT2D eigenvalue weighted by atomic mass is 10.1. The molecule has 92 valence electrons. The number of amides is 1. The molecule has 0 heterocycles. The van der Waals surface area contributed by atoms with Crippen LogP contribution in [-0.4, -0.2) is 12.5 Å². The Bertz CT molecular complexity index is 416. The largest absolute Gasteiger partial charge is 0.398 e. The number of nitrogens with two attached hydrogens (primary N) is 1. The molecule has 0 unspecified atom stereocenters. The van der Waals surface area contributed by atoms with Crippen LogP contribution in [0.3, 0.4) is 0 Å². The lowest BCUT2D eigenvalue weighted by molar-refractivity contribution is 0.0953. The first-order valence-electron chi connectivity index (χ1n) is 6.00. The number of rotatable bonds is 5. The summed E-state index contributed by atoms with van der Waals surface area (Å²) < 4.78 is 13.0. The van der Waals surface area contributed by atoms with Crippen LogP contribution in [0.1, 0.15) is 36.0 Å². The van der Waals surface area contributed by atoms with Crippen LogP contribution in [0.4, 0.5) is 10.1 Å². The molecule has 0 radical (unpaired) electrons. The molecule has 4 heteroatoms. The van der Waals surface area contributed by atoms with Crippen LogP contribution in [0.5, 0.6) is 0 Å². The molecule has 3 nitrogen and oxygen atoms in total. The van der Waals surface area contributed by atoms with Gasteiger partial charge in [0.2, 0.25) is 0 Å². The second-order valence-corrected chi connectivity index (χ2v) is 4.57. The first-order chi connectivity index (χ1) is 8.16. The molecule has 3 N–H and O–H groups in total. The number of carbonyl (C=O) groups excluding carboxylic acids is 1. The van der Waals surface area contributed by atoms with Crippen molar-refractivity contribution in [3.05, 3.63) is 29.6 Å². The maximum absolute atomic E-state index is 13.0. The fourth-order valence-corrected chi connectivity index (χ4v) is 1.82. The van der Waals surface area contributed by atoms with Gasteiger partial charge in [-0.1, -0.05) is 12.8 Å². The second-order valence-electron chi connectivity index (χ2n) is 4.57. The normalized spacial score (nSPS) is 14.6. The molecule has 2 rings (SSSR count). The zero-order chi connectivity index (χ0) is 12.3. The average molecular weight is 236 g/mol. The average Bonchev–Trinajstić information content (AvgIpc) is 3.11. The second kappa shape index (κ2) is 5.17. The molecule has 1 saturated carbocycles. The smallest absolute Gasteiger partial charge is 0.253 e. The molecule has 0 saturated heterocycles. The third-order valence-corrected chi connectivity index (χ3v) is 3.03. The van der Waals surface area contributed by atoms with Gasteiger partial charge in [-0.05, 0) is 37.0 Å². The summed E-state index contributed by atoms with van der Waals surface area (Å²) in [5.74, 6) is 0.131. The zero-order valence-electron chi connectivity index (χ0n) is 9.71. The first-order valence-corrected chi connectivity index (χ1v) is 6.00. The van der Waals surface area contributed by atoms with Gasteiger partial charge in [0.25, 0.3) is 5.91 Å². The number of nitrogen functional groups attached to an aromatic ring is 1. The molecular weight excluding hydrogens is 219 g/mol. The number of hydrogen-bond donors (Lipinski definition) is 2. The van der Waals surface area contributed by atoms with Gasteiger partial charge >= 0.3 is 0 Å². The molecule has 0 aliphatic heterocycles. The van der Waals surface area contributed by atoms with Gasteiger partial charge in [-0.3, -0.25) is 4.79 Å². The number of halogens is 1. The van der Waals surface area contributed by atoms with E-state index in [4.69, 9.17) is 5.73 Å². The van der Waals surface area contributed by atoms with Crippen molar-refractivity contribution in [2.75, 3.05) is 12.3 Å². The molecule has 0 spiro atoms. The van der Waals surface area contributed by atoms with Crippen molar-refractivity contribution in [3.63, 3.8) is 0 Å². The SMILES string of the molecule is Nc1ccc(F)cc1C(=O)NCCCC1CC1. The van der Waals surface area contributed by atoms with Crippen LogP contribution < -0.4 is 11.1 Å². The summed E-state index contributed by atoms with van der Waals surface area (Å²) in [6.45, 7) is 0.630. The lowest BCUT2D eigenvalue weighted by Crippen LogP contribution is -2.25. The summed E-state index contributed by atoms with van der Waals surface area (Å²) in [7, 11) is 0. The van der Waals surface area contributed by atoms with Crippen molar-refractivity contribution < 1.29 is 9.18 Å². The minimum Gasteiger partial charge on any atom is -0.398 e. The molecule has 1 aliphatic carbocycles. The maximum atomic E-state index is 13.0. The van der Waals surface area contributed by atoms with E-state index in [1.54, 1.807) is 0 Å². The molecule has 0 bridgehead atoms. The van der Waals surface area contributed by atoms with Gasteiger partial charge < -0.3 is 11.1 Å². The van der Waals surface area contributed by atoms with E-state index < -0.39 is 5.82 Å². The van der Waals surface area contributed by atoms with E-state index in [1.807, 2.05) is 0 Å². The van der Waals surface area contributed by atoms with Gasteiger partial charge in [-0.2, -0.15) is 0 Å². The molecule has 1 aromatic carbocycles. The van der Waals surface area contributed by atoms with Crippen LogP contribution in [0.25, 0.3) is 0 Å². The summed E-state index contributed by atoms with van der Waals surface area (Å²) in [6, 6.07) is 3.83. The van der Waals surface area contributed by atoms with Crippen molar-refractivity contribution >= 4 is 11.6 Å². The van der Waals surface area contributed by atoms with Gasteiger partial charge in [0, 0.05) is 12.2 Å². The van der Waals surface area contributed by atoms with E-state index in [-0.39, 0.29) is 11.5 Å². The number of nitrogens with one attached hydrogen (secondary N) is 1. The Balaban J connectivity index is 1.82. The molecule has 1 fully saturated rings. The summed E-state index contributed by atoms with van der Waals surface area (Å²) >= 11 is 0. The molecule has 0 atom stereocenters. The fraction of sp³-hybridized carbons (Fsp3) is 0.462. The quantitative estimate of drug-likeness (QED) is 0.609. The Kier molecular flexibility index (Phi) is 3.61. The Morgan fingerprint density at radius 2 is 2.24 bits per heavy atom. The predicted octanol–water partition coefficient (Wildman–Crippen LogP) is 2.33. The summed E-state index contributed by atoms with van der Waals surface area (Å²) in [5, 5.41) is 2.76. The van der Waals surface area contributed by atoms with E-state index in [2.05, 4.69) is 5.32 Å². The lowest BCUT2D eigenvalue weighted by Gasteiger charge is -2.07. The highest BCUT2D eigenvalue weighted by Crippen LogP contribution is 2.33. The number of benzene rings is 1. The van der Waals surface area contributed by atoms with Gasteiger partial charge in [-0.15, -0.1) is 0 Å². The highest BCUT2D eigenvalue weighted by molar-refractivity contribution is 5.99. The van der Waals surface area contributed by atoms with Crippen molar-refractivity contribution in [2.24, 2.45) is 5.92 Å². The van der Waals surface area contributed by atoms with Gasteiger partial charge in [0.15, 0.2) is 0 Å². The monoisotopic (exact) mass is 236 g/mol. The molecule has 17 heavy (non-hydrogen) atoms. The Morgan fingerprint density at radius 1 is 1.47 bits per heavy atom. The Labute approximate surface area is 100 Å². The third kappa shape index (κ3) is 3.44. The summed E-state index contributed by atoms with van der Waals surface area (Å²) in [4.78, 5) is 11.7. The Hall–Kier alpha value is -1.58. The van der Waals surface area contributed by atoms with E-state index in [0.717, 1.165) is 12.3 Å². The fourth-order valence-electron chi connectivity index (χ4n) is 1.82. The highest BCUT2D eigenvalue weighted by Gasteiger charge is 2.20. The molecule has 1 amide bonds. The van der Waals surface area contributed by atoms with Crippen molar-refractivity contribution in [1.29, 1.82) is 0 Å². The number of anilines is 1. The number of hydrogen-bond acceptors (Lipinski definition) is 2. The van der Waals surface area contributed by atoms with E-state index >= 15 is 0 Å². The summed E-state index contributed by atoms with van der Waals surface area (Å²) in [5.41, 5.74) is 6.16. The minimum absolute atomic E-state index is 0.219. The van der Waals surface area contributed by atoms with E-state index in [1.165, 1.54) is 37.5 Å². The number of carbonyl (C=O) groups is 1. The van der Waals surface area contributed by atoms with Crippen LogP contribution in [-0.2, 0) is 0 Å². The van der Waals surface area contributed by atoms with Crippen molar-refractivity contribution in [3.8, 4) is 0 Å². The van der Waals surface area contributed by atoms with Crippen LogP contribution in [0, 0.1) is 11.7 Å². The van der Waals surface area contributed by atoms with Gasteiger partial charge in [0.05, 0.1) is 5.56 Å². The highest BCUT2D eigenvalue weighted by atomic mass is 19.1. The molecule has 1 aromatic rings. The maximum Gasteiger partial charge on any atom is 0.253 e. The van der Waals surface area contributed by atoms with Crippen molar-refractivity contribution in [1.82, 2.24) is 5.32 Å². The standard InChI is InChI=1S/C13H17FN2O/c14-10-5-6-12(15)11(8-10)13(17)16-7-1-2-9-3-4-9/h5-6,8-9H,1-4,7,15H2,(H,16,17). The van der Waals surface area contributed by atoms with Gasteiger partial charge in [-0.25, -0.2) is 4.39 Å². The topological polar surface area (TPSA) is 55.1 Å². The first kappa shape index (κ1) is 11.9. The zero-order valence-corrected chi connectivity index (χ0v) is 9.71. The third-order valence-electron chi connectivity index (χ3n) is 3.03. The molecular formula is C13H17FN2O. The van der Waals surface area contributed by atoms with Gasteiger partial charge in [0.1, 0.15) is 5.82 Å². The predicted molar refractivity (Wildman–Crippen MR) is 65.1 cm³/mol. The van der Waals surface area contributed by atoms with Crippen LogP contribution in [0.2, 0.25) is 0 Å².